The van der Waals surface area contributed by atoms with Gasteiger partial charge in [-0.25, -0.2) is 0 Å². The van der Waals surface area contributed by atoms with Crippen LogP contribution < -0.4 is 10.6 Å². The third kappa shape index (κ3) is 5.57. The molecule has 0 fully saturated rings. The molecular weight excluding hydrogens is 226 g/mol. The SMILES string of the molecule is C=CCNC(=NCCc1ccco1)NC(C)CC. The second-order valence-corrected chi connectivity index (χ2v) is 4.18. The second kappa shape index (κ2) is 8.39. The Morgan fingerprint density at radius 1 is 1.61 bits per heavy atom. The fraction of sp³-hybridized carbons (Fsp3) is 0.500. The van der Waals surface area contributed by atoms with Crippen LogP contribution in [0.4, 0.5) is 0 Å². The van der Waals surface area contributed by atoms with E-state index in [0.717, 1.165) is 24.6 Å². The number of furan rings is 1. The normalized spacial score (nSPS) is 13.1. The van der Waals surface area contributed by atoms with E-state index in [1.54, 1.807) is 6.26 Å². The number of rotatable bonds is 7. The molecule has 0 spiro atoms. The fourth-order valence-corrected chi connectivity index (χ4v) is 1.39. The molecular formula is C14H23N3O. The van der Waals surface area contributed by atoms with Gasteiger partial charge < -0.3 is 15.1 Å². The van der Waals surface area contributed by atoms with Crippen molar-refractivity contribution in [2.24, 2.45) is 4.99 Å². The monoisotopic (exact) mass is 249 g/mol. The lowest BCUT2D eigenvalue weighted by atomic mass is 10.3. The van der Waals surface area contributed by atoms with Crippen LogP contribution in [0.25, 0.3) is 0 Å². The van der Waals surface area contributed by atoms with Gasteiger partial charge in [-0.15, -0.1) is 6.58 Å². The Morgan fingerprint density at radius 3 is 3.06 bits per heavy atom. The summed E-state index contributed by atoms with van der Waals surface area (Å²) < 4.78 is 5.27. The van der Waals surface area contributed by atoms with E-state index < -0.39 is 0 Å². The number of nitrogens with one attached hydrogen (secondary N) is 2. The molecule has 100 valence electrons. The predicted octanol–water partition coefficient (Wildman–Crippen LogP) is 2.34. The number of nitrogens with zero attached hydrogens (tertiary/aromatic N) is 1. The van der Waals surface area contributed by atoms with Gasteiger partial charge in [-0.05, 0) is 25.5 Å². The molecule has 0 saturated heterocycles. The summed E-state index contributed by atoms with van der Waals surface area (Å²) in [4.78, 5) is 4.51. The first-order chi connectivity index (χ1) is 8.76. The van der Waals surface area contributed by atoms with Gasteiger partial charge in [0.05, 0.1) is 6.26 Å². The standard InChI is InChI=1S/C14H23N3O/c1-4-9-15-14(17-12(3)5-2)16-10-8-13-7-6-11-18-13/h4,6-7,11-12H,1,5,8-10H2,2-3H3,(H2,15,16,17). The third-order valence-corrected chi connectivity index (χ3v) is 2.62. The molecule has 0 aliphatic rings. The first-order valence-corrected chi connectivity index (χ1v) is 6.44. The molecule has 0 aliphatic carbocycles. The molecule has 1 rings (SSSR count). The smallest absolute Gasteiger partial charge is 0.191 e. The summed E-state index contributed by atoms with van der Waals surface area (Å²) in [5.41, 5.74) is 0. The number of hydrogen-bond acceptors (Lipinski definition) is 2. The summed E-state index contributed by atoms with van der Waals surface area (Å²) in [6.07, 6.45) is 5.38. The van der Waals surface area contributed by atoms with Crippen LogP contribution in [0.2, 0.25) is 0 Å². The Hall–Kier alpha value is -1.71. The van der Waals surface area contributed by atoms with Crippen LogP contribution >= 0.6 is 0 Å². The Bertz CT molecular complexity index is 357. The first-order valence-electron chi connectivity index (χ1n) is 6.44. The van der Waals surface area contributed by atoms with Crippen molar-refractivity contribution in [3.05, 3.63) is 36.8 Å². The van der Waals surface area contributed by atoms with Crippen LogP contribution in [-0.4, -0.2) is 25.1 Å². The number of aliphatic imine (C=N–C) groups is 1. The van der Waals surface area contributed by atoms with Crippen molar-refractivity contribution in [3.63, 3.8) is 0 Å². The van der Waals surface area contributed by atoms with Gasteiger partial charge in [-0.1, -0.05) is 13.0 Å². The summed E-state index contributed by atoms with van der Waals surface area (Å²) in [5, 5.41) is 6.55. The van der Waals surface area contributed by atoms with Crippen LogP contribution in [0, 0.1) is 0 Å². The minimum Gasteiger partial charge on any atom is -0.469 e. The van der Waals surface area contributed by atoms with Gasteiger partial charge in [-0.2, -0.15) is 0 Å². The van der Waals surface area contributed by atoms with Crippen molar-refractivity contribution in [2.75, 3.05) is 13.1 Å². The van der Waals surface area contributed by atoms with Crippen molar-refractivity contribution >= 4 is 5.96 Å². The van der Waals surface area contributed by atoms with E-state index >= 15 is 0 Å². The average Bonchev–Trinajstić information content (AvgIpc) is 2.88. The Balaban J connectivity index is 2.43. The van der Waals surface area contributed by atoms with Crippen LogP contribution in [0.5, 0.6) is 0 Å². The summed E-state index contributed by atoms with van der Waals surface area (Å²) in [6, 6.07) is 4.27. The van der Waals surface area contributed by atoms with Crippen LogP contribution in [-0.2, 0) is 6.42 Å². The van der Waals surface area contributed by atoms with Gasteiger partial charge in [-0.3, -0.25) is 4.99 Å². The van der Waals surface area contributed by atoms with Crippen LogP contribution in [0.15, 0.2) is 40.5 Å². The van der Waals surface area contributed by atoms with Crippen LogP contribution in [0.1, 0.15) is 26.0 Å². The summed E-state index contributed by atoms with van der Waals surface area (Å²) in [7, 11) is 0. The molecule has 4 heteroatoms. The largest absolute Gasteiger partial charge is 0.469 e. The highest BCUT2D eigenvalue weighted by molar-refractivity contribution is 5.80. The minimum absolute atomic E-state index is 0.407. The summed E-state index contributed by atoms with van der Waals surface area (Å²) in [5.74, 6) is 1.79. The highest BCUT2D eigenvalue weighted by atomic mass is 16.3. The molecule has 0 aliphatic heterocycles. The molecule has 0 saturated carbocycles. The topological polar surface area (TPSA) is 49.6 Å². The lowest BCUT2D eigenvalue weighted by Gasteiger charge is -2.16. The maximum absolute atomic E-state index is 5.27. The van der Waals surface area contributed by atoms with E-state index in [-0.39, 0.29) is 0 Å². The highest BCUT2D eigenvalue weighted by Crippen LogP contribution is 2.00. The zero-order valence-corrected chi connectivity index (χ0v) is 11.3. The van der Waals surface area contributed by atoms with E-state index in [9.17, 15) is 0 Å². The molecule has 4 nitrogen and oxygen atoms in total. The third-order valence-electron chi connectivity index (χ3n) is 2.62. The number of guanidine groups is 1. The van der Waals surface area contributed by atoms with Gasteiger partial charge in [0.25, 0.3) is 0 Å². The molecule has 18 heavy (non-hydrogen) atoms. The molecule has 1 unspecified atom stereocenters. The Labute approximate surface area is 109 Å². The van der Waals surface area contributed by atoms with Gasteiger partial charge >= 0.3 is 0 Å². The van der Waals surface area contributed by atoms with E-state index in [2.05, 4.69) is 36.1 Å². The Morgan fingerprint density at radius 2 is 2.44 bits per heavy atom. The van der Waals surface area contributed by atoms with Gasteiger partial charge in [0, 0.05) is 25.6 Å². The van der Waals surface area contributed by atoms with Crippen molar-refractivity contribution in [3.8, 4) is 0 Å². The predicted molar refractivity (Wildman–Crippen MR) is 75.8 cm³/mol. The van der Waals surface area contributed by atoms with E-state index in [1.165, 1.54) is 0 Å². The summed E-state index contributed by atoms with van der Waals surface area (Å²) in [6.45, 7) is 9.39. The summed E-state index contributed by atoms with van der Waals surface area (Å²) >= 11 is 0. The molecule has 0 aromatic carbocycles. The molecule has 0 amide bonds. The first kappa shape index (κ1) is 14.4. The van der Waals surface area contributed by atoms with Crippen molar-refractivity contribution in [1.82, 2.24) is 10.6 Å². The molecule has 1 heterocycles. The minimum atomic E-state index is 0.407. The average molecular weight is 249 g/mol. The maximum Gasteiger partial charge on any atom is 0.191 e. The second-order valence-electron chi connectivity index (χ2n) is 4.18. The van der Waals surface area contributed by atoms with E-state index in [0.29, 0.717) is 19.1 Å². The molecule has 0 radical (unpaired) electrons. The molecule has 0 bridgehead atoms. The molecule has 2 N–H and O–H groups in total. The maximum atomic E-state index is 5.27. The lowest BCUT2D eigenvalue weighted by molar-refractivity contribution is 0.510. The van der Waals surface area contributed by atoms with Gasteiger partial charge in [0.15, 0.2) is 5.96 Å². The zero-order valence-electron chi connectivity index (χ0n) is 11.3. The van der Waals surface area contributed by atoms with E-state index in [1.807, 2.05) is 18.2 Å². The number of hydrogen-bond donors (Lipinski definition) is 2. The zero-order chi connectivity index (χ0) is 13.2. The van der Waals surface area contributed by atoms with E-state index in [4.69, 9.17) is 4.42 Å². The quantitative estimate of drug-likeness (QED) is 0.443. The fourth-order valence-electron chi connectivity index (χ4n) is 1.39. The molecule has 1 aromatic rings. The van der Waals surface area contributed by atoms with Crippen molar-refractivity contribution in [1.29, 1.82) is 0 Å². The van der Waals surface area contributed by atoms with Gasteiger partial charge in [0.2, 0.25) is 0 Å². The Kier molecular flexibility index (Phi) is 6.69. The van der Waals surface area contributed by atoms with Crippen molar-refractivity contribution < 1.29 is 4.42 Å². The van der Waals surface area contributed by atoms with Crippen molar-refractivity contribution in [2.45, 2.75) is 32.7 Å². The molecule has 1 aromatic heterocycles. The van der Waals surface area contributed by atoms with Gasteiger partial charge in [0.1, 0.15) is 5.76 Å². The highest BCUT2D eigenvalue weighted by Gasteiger charge is 2.02. The van der Waals surface area contributed by atoms with Crippen LogP contribution in [0.3, 0.4) is 0 Å². The molecule has 1 atom stereocenters. The lowest BCUT2D eigenvalue weighted by Crippen LogP contribution is -2.42.